The maximum absolute atomic E-state index is 12.4. The van der Waals surface area contributed by atoms with Crippen LogP contribution in [0, 0.1) is 5.92 Å². The molecule has 0 radical (unpaired) electrons. The highest BCUT2D eigenvalue weighted by Gasteiger charge is 2.34. The van der Waals surface area contributed by atoms with E-state index in [0.717, 1.165) is 17.7 Å². The summed E-state index contributed by atoms with van der Waals surface area (Å²) >= 11 is 0. The van der Waals surface area contributed by atoms with Crippen molar-refractivity contribution < 1.29 is 19.4 Å². The second-order valence-electron chi connectivity index (χ2n) is 5.82. The molecule has 1 saturated heterocycles. The molecule has 2 unspecified atom stereocenters. The number of nitrogens with zero attached hydrogens (tertiary/aromatic N) is 1. The Labute approximate surface area is 130 Å². The number of carbonyl (C=O) groups excluding carboxylic acids is 1. The summed E-state index contributed by atoms with van der Waals surface area (Å²) in [5, 5.41) is 9.33. The number of hydrogen-bond acceptors (Lipinski definition) is 3. The number of ether oxygens (including phenoxy) is 1. The van der Waals surface area contributed by atoms with E-state index in [4.69, 9.17) is 4.74 Å². The molecule has 0 aromatic heterocycles. The minimum absolute atomic E-state index is 0.122. The van der Waals surface area contributed by atoms with Crippen molar-refractivity contribution in [2.75, 3.05) is 13.2 Å². The molecule has 1 aromatic rings. The van der Waals surface area contributed by atoms with E-state index in [1.54, 1.807) is 0 Å². The first kappa shape index (κ1) is 16.3. The first-order valence-corrected chi connectivity index (χ1v) is 7.75. The van der Waals surface area contributed by atoms with Gasteiger partial charge < -0.3 is 14.7 Å². The molecule has 1 aliphatic heterocycles. The fraction of sp³-hybridized carbons (Fsp3) is 0.529. The molecule has 1 N–H and O–H groups in total. The fourth-order valence-electron chi connectivity index (χ4n) is 2.82. The van der Waals surface area contributed by atoms with Crippen LogP contribution in [0.4, 0.5) is 0 Å². The first-order valence-electron chi connectivity index (χ1n) is 7.75. The summed E-state index contributed by atoms with van der Waals surface area (Å²) in [6.07, 6.45) is 1.62. The van der Waals surface area contributed by atoms with Crippen molar-refractivity contribution in [1.29, 1.82) is 0 Å². The highest BCUT2D eigenvalue weighted by molar-refractivity contribution is 5.85. The van der Waals surface area contributed by atoms with Gasteiger partial charge in [0.05, 0.1) is 13.0 Å². The Bertz CT molecular complexity index is 526. The van der Waals surface area contributed by atoms with Gasteiger partial charge in [0.1, 0.15) is 11.8 Å². The third-order valence-corrected chi connectivity index (χ3v) is 4.06. The Morgan fingerprint density at radius 2 is 2.00 bits per heavy atom. The Morgan fingerprint density at radius 3 is 2.59 bits per heavy atom. The molecule has 0 bridgehead atoms. The average Bonchev–Trinajstić information content (AvgIpc) is 2.49. The number of carbonyl (C=O) groups is 2. The lowest BCUT2D eigenvalue weighted by atomic mass is 9.92. The van der Waals surface area contributed by atoms with Crippen LogP contribution >= 0.6 is 0 Å². The number of hydrogen-bond donors (Lipinski definition) is 1. The van der Waals surface area contributed by atoms with Crippen LogP contribution in [-0.2, 0) is 16.0 Å². The van der Waals surface area contributed by atoms with E-state index in [1.165, 1.54) is 4.90 Å². The van der Waals surface area contributed by atoms with Crippen molar-refractivity contribution in [1.82, 2.24) is 4.90 Å². The van der Waals surface area contributed by atoms with Gasteiger partial charge in [0, 0.05) is 6.54 Å². The molecule has 22 heavy (non-hydrogen) atoms. The monoisotopic (exact) mass is 305 g/mol. The topological polar surface area (TPSA) is 66.8 Å². The number of piperidine rings is 1. The molecular formula is C17H23NO4. The lowest BCUT2D eigenvalue weighted by Gasteiger charge is -2.36. The van der Waals surface area contributed by atoms with Crippen LogP contribution in [0.1, 0.15) is 32.3 Å². The van der Waals surface area contributed by atoms with E-state index in [9.17, 15) is 14.7 Å². The van der Waals surface area contributed by atoms with Gasteiger partial charge in [-0.3, -0.25) is 4.79 Å². The lowest BCUT2D eigenvalue weighted by Crippen LogP contribution is -2.50. The first-order chi connectivity index (χ1) is 10.5. The van der Waals surface area contributed by atoms with E-state index in [2.05, 4.69) is 0 Å². The summed E-state index contributed by atoms with van der Waals surface area (Å²) in [6.45, 7) is 5.07. The standard InChI is InChI=1S/C17H23NO4/c1-3-22-14-6-4-13(5-7-14)11-16(19)18-9-8-12(2)10-15(18)17(20)21/h4-7,12,15H,3,8-11H2,1-2H3,(H,20,21). The summed E-state index contributed by atoms with van der Waals surface area (Å²) in [4.78, 5) is 25.3. The van der Waals surface area contributed by atoms with Crippen molar-refractivity contribution >= 4 is 11.9 Å². The zero-order chi connectivity index (χ0) is 16.1. The lowest BCUT2D eigenvalue weighted by molar-refractivity contribution is -0.152. The third-order valence-electron chi connectivity index (χ3n) is 4.06. The highest BCUT2D eigenvalue weighted by Crippen LogP contribution is 2.24. The van der Waals surface area contributed by atoms with Gasteiger partial charge in [0.15, 0.2) is 0 Å². The van der Waals surface area contributed by atoms with Crippen LogP contribution < -0.4 is 4.74 Å². The van der Waals surface area contributed by atoms with Crippen molar-refractivity contribution in [3.63, 3.8) is 0 Å². The smallest absolute Gasteiger partial charge is 0.326 e. The SMILES string of the molecule is CCOc1ccc(CC(=O)N2CCC(C)CC2C(=O)O)cc1. The van der Waals surface area contributed by atoms with Gasteiger partial charge in [-0.2, -0.15) is 0 Å². The molecule has 0 spiro atoms. The Kier molecular flexibility index (Phi) is 5.41. The van der Waals surface area contributed by atoms with Gasteiger partial charge in [-0.25, -0.2) is 4.79 Å². The van der Waals surface area contributed by atoms with Gasteiger partial charge in [0.2, 0.25) is 5.91 Å². The highest BCUT2D eigenvalue weighted by atomic mass is 16.5. The summed E-state index contributed by atoms with van der Waals surface area (Å²) in [5.41, 5.74) is 0.871. The van der Waals surface area contributed by atoms with Crippen LogP contribution in [0.15, 0.2) is 24.3 Å². The van der Waals surface area contributed by atoms with Crippen LogP contribution in [0.3, 0.4) is 0 Å². The largest absolute Gasteiger partial charge is 0.494 e. The van der Waals surface area contributed by atoms with Crippen molar-refractivity contribution in [2.24, 2.45) is 5.92 Å². The molecule has 0 saturated carbocycles. The van der Waals surface area contributed by atoms with Crippen molar-refractivity contribution in [3.05, 3.63) is 29.8 Å². The van der Waals surface area contributed by atoms with E-state index in [1.807, 2.05) is 38.1 Å². The average molecular weight is 305 g/mol. The second kappa shape index (κ2) is 7.29. The van der Waals surface area contributed by atoms with Gasteiger partial charge in [-0.15, -0.1) is 0 Å². The van der Waals surface area contributed by atoms with Crippen LogP contribution in [0.2, 0.25) is 0 Å². The number of carboxylic acids is 1. The number of carboxylic acid groups (broad SMARTS) is 1. The molecular weight excluding hydrogens is 282 g/mol. The Balaban J connectivity index is 2.02. The molecule has 1 fully saturated rings. The molecule has 120 valence electrons. The van der Waals surface area contributed by atoms with Crippen LogP contribution in [0.5, 0.6) is 5.75 Å². The fourth-order valence-corrected chi connectivity index (χ4v) is 2.82. The van der Waals surface area contributed by atoms with Gasteiger partial charge in [-0.1, -0.05) is 19.1 Å². The zero-order valence-electron chi connectivity index (χ0n) is 13.1. The molecule has 2 rings (SSSR count). The minimum Gasteiger partial charge on any atom is -0.494 e. The van der Waals surface area contributed by atoms with Gasteiger partial charge in [-0.05, 0) is 43.4 Å². The zero-order valence-corrected chi connectivity index (χ0v) is 13.1. The Morgan fingerprint density at radius 1 is 1.32 bits per heavy atom. The molecule has 5 nitrogen and oxygen atoms in total. The number of likely N-dealkylation sites (tertiary alicyclic amines) is 1. The van der Waals surface area contributed by atoms with Crippen LogP contribution in [0.25, 0.3) is 0 Å². The number of amides is 1. The van der Waals surface area contributed by atoms with Gasteiger partial charge >= 0.3 is 5.97 Å². The molecule has 0 aliphatic carbocycles. The number of aliphatic carboxylic acids is 1. The summed E-state index contributed by atoms with van der Waals surface area (Å²) in [5.74, 6) is 0.0830. The molecule has 1 aliphatic rings. The molecule has 1 amide bonds. The maximum Gasteiger partial charge on any atom is 0.326 e. The van der Waals surface area contributed by atoms with E-state index < -0.39 is 12.0 Å². The van der Waals surface area contributed by atoms with E-state index in [0.29, 0.717) is 25.5 Å². The summed E-state index contributed by atoms with van der Waals surface area (Å²) < 4.78 is 5.37. The summed E-state index contributed by atoms with van der Waals surface area (Å²) in [7, 11) is 0. The summed E-state index contributed by atoms with van der Waals surface area (Å²) in [6, 6.07) is 6.67. The predicted molar refractivity (Wildman–Crippen MR) is 82.8 cm³/mol. The van der Waals surface area contributed by atoms with E-state index >= 15 is 0 Å². The molecule has 1 heterocycles. The normalized spacial score (nSPS) is 21.5. The predicted octanol–water partition coefficient (Wildman–Crippen LogP) is 2.34. The molecule has 2 atom stereocenters. The molecule has 1 aromatic carbocycles. The van der Waals surface area contributed by atoms with Crippen molar-refractivity contribution in [2.45, 2.75) is 39.2 Å². The number of rotatable bonds is 5. The maximum atomic E-state index is 12.4. The molecule has 5 heteroatoms. The Hall–Kier alpha value is -2.04. The van der Waals surface area contributed by atoms with Crippen LogP contribution in [-0.4, -0.2) is 41.1 Å². The quantitative estimate of drug-likeness (QED) is 0.906. The van der Waals surface area contributed by atoms with E-state index in [-0.39, 0.29) is 12.3 Å². The van der Waals surface area contributed by atoms with Gasteiger partial charge in [0.25, 0.3) is 0 Å². The number of benzene rings is 1. The van der Waals surface area contributed by atoms with Crippen molar-refractivity contribution in [3.8, 4) is 5.75 Å². The third kappa shape index (κ3) is 4.00. The second-order valence-corrected chi connectivity index (χ2v) is 5.82. The minimum atomic E-state index is -0.911.